The van der Waals surface area contributed by atoms with Crippen molar-refractivity contribution in [1.29, 1.82) is 0 Å². The zero-order valence-corrected chi connectivity index (χ0v) is 13.3. The lowest BCUT2D eigenvalue weighted by Gasteiger charge is -2.14. The van der Waals surface area contributed by atoms with E-state index in [9.17, 15) is 4.79 Å². The predicted octanol–water partition coefficient (Wildman–Crippen LogP) is 2.55. The molecule has 0 saturated heterocycles. The summed E-state index contributed by atoms with van der Waals surface area (Å²) < 4.78 is 5.14. The van der Waals surface area contributed by atoms with Crippen LogP contribution >= 0.6 is 0 Å². The van der Waals surface area contributed by atoms with Gasteiger partial charge in [-0.25, -0.2) is 0 Å². The van der Waals surface area contributed by atoms with Crippen molar-refractivity contribution in [1.82, 2.24) is 10.5 Å². The summed E-state index contributed by atoms with van der Waals surface area (Å²) in [6.07, 6.45) is 1.80. The lowest BCUT2D eigenvalue weighted by atomic mass is 10.0. The molecule has 1 amide bonds. The third-order valence-electron chi connectivity index (χ3n) is 3.78. The smallest absolute Gasteiger partial charge is 0.220 e. The Hall–Kier alpha value is -2.30. The van der Waals surface area contributed by atoms with Crippen LogP contribution in [0.25, 0.3) is 0 Å². The van der Waals surface area contributed by atoms with Crippen LogP contribution < -0.4 is 11.1 Å². The Kier molecular flexibility index (Phi) is 5.20. The van der Waals surface area contributed by atoms with Gasteiger partial charge in [-0.15, -0.1) is 0 Å². The van der Waals surface area contributed by atoms with Gasteiger partial charge >= 0.3 is 0 Å². The van der Waals surface area contributed by atoms with Gasteiger partial charge in [0.25, 0.3) is 0 Å². The van der Waals surface area contributed by atoms with E-state index >= 15 is 0 Å². The van der Waals surface area contributed by atoms with E-state index in [-0.39, 0.29) is 11.9 Å². The molecule has 118 valence electrons. The maximum absolute atomic E-state index is 12.0. The van der Waals surface area contributed by atoms with Gasteiger partial charge in [0.15, 0.2) is 0 Å². The van der Waals surface area contributed by atoms with Crippen molar-refractivity contribution < 1.29 is 9.32 Å². The monoisotopic (exact) mass is 301 g/mol. The number of benzene rings is 1. The molecular weight excluding hydrogens is 278 g/mol. The second kappa shape index (κ2) is 7.11. The van der Waals surface area contributed by atoms with Crippen molar-refractivity contribution in [3.63, 3.8) is 0 Å². The quantitative estimate of drug-likeness (QED) is 0.803. The Labute approximate surface area is 130 Å². The number of nitrogens with zero attached hydrogens (tertiary/aromatic N) is 1. The first-order valence-electron chi connectivity index (χ1n) is 7.52. The van der Waals surface area contributed by atoms with Crippen LogP contribution in [0, 0.1) is 13.8 Å². The summed E-state index contributed by atoms with van der Waals surface area (Å²) in [5, 5.41) is 6.95. The van der Waals surface area contributed by atoms with Crippen molar-refractivity contribution in [2.24, 2.45) is 0 Å². The van der Waals surface area contributed by atoms with Crippen molar-refractivity contribution in [2.45, 2.75) is 46.1 Å². The third-order valence-corrected chi connectivity index (χ3v) is 3.78. The topological polar surface area (TPSA) is 81.2 Å². The zero-order chi connectivity index (χ0) is 16.1. The molecule has 0 aliphatic heterocycles. The fraction of sp³-hybridized carbons (Fsp3) is 0.412. The van der Waals surface area contributed by atoms with Crippen molar-refractivity contribution in [3.8, 4) is 0 Å². The zero-order valence-electron chi connectivity index (χ0n) is 13.3. The Bertz CT molecular complexity index is 630. The number of aromatic nitrogens is 1. The lowest BCUT2D eigenvalue weighted by Crippen LogP contribution is -2.34. The molecule has 0 aliphatic carbocycles. The number of nitrogens with one attached hydrogen (secondary N) is 1. The van der Waals surface area contributed by atoms with Gasteiger partial charge < -0.3 is 15.6 Å². The van der Waals surface area contributed by atoms with E-state index in [1.165, 1.54) is 0 Å². The number of aryl methyl sites for hydroxylation is 3. The number of amides is 1. The van der Waals surface area contributed by atoms with Crippen molar-refractivity contribution in [3.05, 3.63) is 46.8 Å². The van der Waals surface area contributed by atoms with Gasteiger partial charge in [0.2, 0.25) is 5.91 Å². The van der Waals surface area contributed by atoms with Gasteiger partial charge in [-0.2, -0.15) is 0 Å². The maximum Gasteiger partial charge on any atom is 0.220 e. The first-order chi connectivity index (χ1) is 10.5. The molecule has 22 heavy (non-hydrogen) atoms. The van der Waals surface area contributed by atoms with Crippen LogP contribution in [0.1, 0.15) is 35.9 Å². The number of hydrogen-bond acceptors (Lipinski definition) is 4. The molecule has 1 unspecified atom stereocenters. The van der Waals surface area contributed by atoms with E-state index in [2.05, 4.69) is 10.5 Å². The largest absolute Gasteiger partial charge is 0.399 e. The molecule has 2 aromatic rings. The van der Waals surface area contributed by atoms with E-state index in [0.29, 0.717) is 12.8 Å². The van der Waals surface area contributed by atoms with Crippen molar-refractivity contribution >= 4 is 11.6 Å². The summed E-state index contributed by atoms with van der Waals surface area (Å²) in [5.74, 6) is 0.846. The SMILES string of the molecule is Cc1noc(C)c1CC(C)NC(=O)CCc1ccccc1N. The molecule has 0 fully saturated rings. The Morgan fingerprint density at radius 2 is 2.09 bits per heavy atom. The highest BCUT2D eigenvalue weighted by Gasteiger charge is 2.14. The Morgan fingerprint density at radius 1 is 1.36 bits per heavy atom. The average Bonchev–Trinajstić information content (AvgIpc) is 2.78. The maximum atomic E-state index is 12.0. The molecule has 0 radical (unpaired) electrons. The minimum absolute atomic E-state index is 0.0301. The van der Waals surface area contributed by atoms with Gasteiger partial charge in [0.1, 0.15) is 5.76 Å². The fourth-order valence-electron chi connectivity index (χ4n) is 2.51. The van der Waals surface area contributed by atoms with E-state index in [1.54, 1.807) is 0 Å². The lowest BCUT2D eigenvalue weighted by molar-refractivity contribution is -0.121. The van der Waals surface area contributed by atoms with Crippen LogP contribution in [0.15, 0.2) is 28.8 Å². The molecule has 1 atom stereocenters. The summed E-state index contributed by atoms with van der Waals surface area (Å²) in [4.78, 5) is 12.0. The first-order valence-corrected chi connectivity index (χ1v) is 7.52. The molecule has 0 saturated carbocycles. The molecule has 5 heteroatoms. The normalized spacial score (nSPS) is 12.1. The van der Waals surface area contributed by atoms with Crippen LogP contribution in [-0.2, 0) is 17.6 Å². The summed E-state index contributed by atoms with van der Waals surface area (Å²) in [7, 11) is 0. The summed E-state index contributed by atoms with van der Waals surface area (Å²) in [6.45, 7) is 5.79. The molecule has 1 aromatic carbocycles. The first kappa shape index (κ1) is 16.1. The number of hydrogen-bond donors (Lipinski definition) is 2. The fourth-order valence-corrected chi connectivity index (χ4v) is 2.51. The Balaban J connectivity index is 1.83. The second-order valence-electron chi connectivity index (χ2n) is 5.67. The summed E-state index contributed by atoms with van der Waals surface area (Å²) >= 11 is 0. The van der Waals surface area contributed by atoms with Gasteiger partial charge in [0, 0.05) is 23.7 Å². The molecule has 0 spiro atoms. The molecule has 1 aromatic heterocycles. The minimum Gasteiger partial charge on any atom is -0.399 e. The number of rotatable bonds is 6. The van der Waals surface area contributed by atoms with Gasteiger partial charge in [-0.3, -0.25) is 4.79 Å². The molecule has 0 aliphatic rings. The highest BCUT2D eigenvalue weighted by molar-refractivity contribution is 5.76. The van der Waals surface area contributed by atoms with Gasteiger partial charge in [-0.05, 0) is 45.2 Å². The number of carbonyl (C=O) groups excluding carboxylic acids is 1. The minimum atomic E-state index is 0.0301. The van der Waals surface area contributed by atoms with E-state index in [0.717, 1.165) is 34.7 Å². The van der Waals surface area contributed by atoms with E-state index in [1.807, 2.05) is 45.0 Å². The van der Waals surface area contributed by atoms with Crippen molar-refractivity contribution in [2.75, 3.05) is 5.73 Å². The highest BCUT2D eigenvalue weighted by Crippen LogP contribution is 2.15. The van der Waals surface area contributed by atoms with Crippen LogP contribution in [-0.4, -0.2) is 17.1 Å². The molecular formula is C17H23N3O2. The molecule has 2 rings (SSSR count). The number of nitrogens with two attached hydrogens (primary N) is 1. The standard InChI is InChI=1S/C17H23N3O2/c1-11(10-15-12(2)20-22-13(15)3)19-17(21)9-8-14-6-4-5-7-16(14)18/h4-7,11H,8-10,18H2,1-3H3,(H,19,21). The van der Waals surface area contributed by atoms with Crippen LogP contribution in [0.5, 0.6) is 0 Å². The molecule has 1 heterocycles. The number of para-hydroxylation sites is 1. The second-order valence-corrected chi connectivity index (χ2v) is 5.67. The average molecular weight is 301 g/mol. The molecule has 3 N–H and O–H groups in total. The molecule has 5 nitrogen and oxygen atoms in total. The number of carbonyl (C=O) groups is 1. The summed E-state index contributed by atoms with van der Waals surface area (Å²) in [5.41, 5.74) is 9.58. The van der Waals surface area contributed by atoms with Crippen LogP contribution in [0.4, 0.5) is 5.69 Å². The molecule has 0 bridgehead atoms. The van der Waals surface area contributed by atoms with Gasteiger partial charge in [0.05, 0.1) is 5.69 Å². The predicted molar refractivity (Wildman–Crippen MR) is 86.5 cm³/mol. The van der Waals surface area contributed by atoms with Gasteiger partial charge in [-0.1, -0.05) is 23.4 Å². The highest BCUT2D eigenvalue weighted by atomic mass is 16.5. The van der Waals surface area contributed by atoms with E-state index < -0.39 is 0 Å². The number of nitrogen functional groups attached to an aromatic ring is 1. The third kappa shape index (κ3) is 4.10. The number of anilines is 1. The van der Waals surface area contributed by atoms with E-state index in [4.69, 9.17) is 10.3 Å². The summed E-state index contributed by atoms with van der Waals surface area (Å²) in [6, 6.07) is 7.68. The van der Waals surface area contributed by atoms with Crippen LogP contribution in [0.2, 0.25) is 0 Å². The van der Waals surface area contributed by atoms with Crippen LogP contribution in [0.3, 0.4) is 0 Å². The Morgan fingerprint density at radius 3 is 2.73 bits per heavy atom.